The molecule has 0 amide bonds. The van der Waals surface area contributed by atoms with Crippen LogP contribution in [0.5, 0.6) is 0 Å². The Morgan fingerprint density at radius 1 is 1.13 bits per heavy atom. The minimum Gasteiger partial charge on any atom is -0.281 e. The molecule has 0 aliphatic rings. The normalized spacial score (nSPS) is 11.4. The van der Waals surface area contributed by atoms with E-state index in [1.54, 1.807) is 15.1 Å². The molecule has 3 aromatic heterocycles. The van der Waals surface area contributed by atoms with E-state index < -0.39 is 0 Å². The lowest BCUT2D eigenvalue weighted by molar-refractivity contribution is 0.920. The number of halogens is 1. The first-order valence-electron chi connectivity index (χ1n) is 7.04. The standard InChI is InChI=1S/C16H12ClN5O/c1-9-3-4-11(17)6-13(9)21-10(2)5-14-12(15(21)23)7-18-16-19-8-20-22(14)16/h3-8H,1-2H3. The molecule has 4 aromatic rings. The molecule has 0 N–H and O–H groups in total. The summed E-state index contributed by atoms with van der Waals surface area (Å²) in [6, 6.07) is 7.40. The molecule has 0 aliphatic heterocycles. The zero-order chi connectivity index (χ0) is 16.1. The predicted octanol–water partition coefficient (Wildman–Crippen LogP) is 2.70. The number of rotatable bonds is 1. The van der Waals surface area contributed by atoms with Gasteiger partial charge in [-0.05, 0) is 37.6 Å². The quantitative estimate of drug-likeness (QED) is 0.539. The summed E-state index contributed by atoms with van der Waals surface area (Å²) in [5.41, 5.74) is 3.05. The van der Waals surface area contributed by atoms with Gasteiger partial charge in [0.15, 0.2) is 0 Å². The van der Waals surface area contributed by atoms with Gasteiger partial charge in [0, 0.05) is 16.9 Å². The van der Waals surface area contributed by atoms with Crippen molar-refractivity contribution in [2.45, 2.75) is 13.8 Å². The first-order valence-corrected chi connectivity index (χ1v) is 7.41. The molecule has 0 atom stereocenters. The van der Waals surface area contributed by atoms with Gasteiger partial charge < -0.3 is 0 Å². The van der Waals surface area contributed by atoms with E-state index in [4.69, 9.17) is 11.6 Å². The second kappa shape index (κ2) is 4.89. The first kappa shape index (κ1) is 13.9. The lowest BCUT2D eigenvalue weighted by Gasteiger charge is -2.14. The highest BCUT2D eigenvalue weighted by atomic mass is 35.5. The van der Waals surface area contributed by atoms with Crippen molar-refractivity contribution in [1.29, 1.82) is 0 Å². The molecular formula is C16H12ClN5O. The van der Waals surface area contributed by atoms with Crippen molar-refractivity contribution in [3.8, 4) is 5.69 Å². The number of hydrogen-bond donors (Lipinski definition) is 0. The topological polar surface area (TPSA) is 65.1 Å². The van der Waals surface area contributed by atoms with Crippen LogP contribution in [0.15, 0.2) is 41.6 Å². The van der Waals surface area contributed by atoms with E-state index in [1.807, 2.05) is 32.0 Å². The zero-order valence-corrected chi connectivity index (χ0v) is 13.2. The first-order chi connectivity index (χ1) is 11.1. The molecule has 0 spiro atoms. The highest BCUT2D eigenvalue weighted by Crippen LogP contribution is 2.21. The molecule has 3 heterocycles. The SMILES string of the molecule is Cc1ccc(Cl)cc1-n1c(C)cc2c(cnc3ncnn32)c1=O. The molecule has 0 aliphatic carbocycles. The zero-order valence-electron chi connectivity index (χ0n) is 12.5. The monoisotopic (exact) mass is 325 g/mol. The lowest BCUT2D eigenvalue weighted by atomic mass is 10.1. The number of aromatic nitrogens is 5. The molecule has 6 nitrogen and oxygen atoms in total. The second-order valence-electron chi connectivity index (χ2n) is 5.39. The van der Waals surface area contributed by atoms with Gasteiger partial charge in [0.2, 0.25) is 0 Å². The van der Waals surface area contributed by atoms with E-state index in [1.165, 1.54) is 12.5 Å². The Balaban J connectivity index is 2.15. The van der Waals surface area contributed by atoms with E-state index in [9.17, 15) is 4.79 Å². The number of hydrogen-bond acceptors (Lipinski definition) is 4. The third-order valence-electron chi connectivity index (χ3n) is 3.89. The molecule has 7 heteroatoms. The fraction of sp³-hybridized carbons (Fsp3) is 0.125. The van der Waals surface area contributed by atoms with Crippen molar-refractivity contribution < 1.29 is 0 Å². The highest BCUT2D eigenvalue weighted by Gasteiger charge is 2.14. The molecule has 0 saturated heterocycles. The average Bonchev–Trinajstić information content (AvgIpc) is 2.99. The molecule has 0 fully saturated rings. The predicted molar refractivity (Wildman–Crippen MR) is 88.4 cm³/mol. The van der Waals surface area contributed by atoms with Crippen LogP contribution in [0.4, 0.5) is 0 Å². The summed E-state index contributed by atoms with van der Waals surface area (Å²) in [5, 5.41) is 5.20. The molecule has 0 bridgehead atoms. The molecule has 4 rings (SSSR count). The Labute approximate surface area is 136 Å². The van der Waals surface area contributed by atoms with Gasteiger partial charge in [0.05, 0.1) is 16.6 Å². The molecule has 1 aromatic carbocycles. The Kier molecular flexibility index (Phi) is 2.96. The van der Waals surface area contributed by atoms with Crippen LogP contribution in [0.3, 0.4) is 0 Å². The lowest BCUT2D eigenvalue weighted by Crippen LogP contribution is -2.22. The van der Waals surface area contributed by atoms with E-state index in [-0.39, 0.29) is 5.56 Å². The molecule has 0 saturated carbocycles. The van der Waals surface area contributed by atoms with E-state index in [2.05, 4.69) is 15.1 Å². The van der Waals surface area contributed by atoms with Crippen LogP contribution in [-0.2, 0) is 0 Å². The maximum Gasteiger partial charge on any atom is 0.266 e. The number of nitrogens with zero attached hydrogens (tertiary/aromatic N) is 5. The summed E-state index contributed by atoms with van der Waals surface area (Å²) in [4.78, 5) is 21.2. The van der Waals surface area contributed by atoms with Crippen molar-refractivity contribution in [3.05, 3.63) is 63.4 Å². The van der Waals surface area contributed by atoms with Crippen LogP contribution < -0.4 is 5.56 Å². The van der Waals surface area contributed by atoms with Gasteiger partial charge in [0.1, 0.15) is 6.33 Å². The largest absolute Gasteiger partial charge is 0.281 e. The number of benzene rings is 1. The summed E-state index contributed by atoms with van der Waals surface area (Å²) in [5.74, 6) is 0.466. The Morgan fingerprint density at radius 2 is 1.96 bits per heavy atom. The maximum absolute atomic E-state index is 13.0. The molecule has 0 radical (unpaired) electrons. The third kappa shape index (κ3) is 2.03. The van der Waals surface area contributed by atoms with Gasteiger partial charge in [-0.2, -0.15) is 14.6 Å². The van der Waals surface area contributed by atoms with Gasteiger partial charge >= 0.3 is 0 Å². The van der Waals surface area contributed by atoms with Crippen molar-refractivity contribution in [2.24, 2.45) is 0 Å². The summed E-state index contributed by atoms with van der Waals surface area (Å²) >= 11 is 6.10. The Bertz CT molecular complexity index is 1130. The number of pyridine rings is 1. The highest BCUT2D eigenvalue weighted by molar-refractivity contribution is 6.30. The van der Waals surface area contributed by atoms with Gasteiger partial charge in [-0.15, -0.1) is 0 Å². The summed E-state index contributed by atoms with van der Waals surface area (Å²) < 4.78 is 3.22. The maximum atomic E-state index is 13.0. The van der Waals surface area contributed by atoms with Crippen LogP contribution in [0, 0.1) is 13.8 Å². The van der Waals surface area contributed by atoms with Crippen molar-refractivity contribution in [2.75, 3.05) is 0 Å². The van der Waals surface area contributed by atoms with Gasteiger partial charge in [-0.25, -0.2) is 4.98 Å². The number of fused-ring (bicyclic) bond motifs is 3. The minimum atomic E-state index is -0.157. The van der Waals surface area contributed by atoms with Crippen molar-refractivity contribution in [1.82, 2.24) is 24.1 Å². The summed E-state index contributed by atoms with van der Waals surface area (Å²) in [7, 11) is 0. The van der Waals surface area contributed by atoms with E-state index in [0.29, 0.717) is 21.7 Å². The fourth-order valence-electron chi connectivity index (χ4n) is 2.77. The molecule has 23 heavy (non-hydrogen) atoms. The van der Waals surface area contributed by atoms with Crippen molar-refractivity contribution in [3.63, 3.8) is 0 Å². The third-order valence-corrected chi connectivity index (χ3v) is 4.12. The summed E-state index contributed by atoms with van der Waals surface area (Å²) in [6.07, 6.45) is 2.96. The number of aryl methyl sites for hydroxylation is 2. The van der Waals surface area contributed by atoms with E-state index >= 15 is 0 Å². The van der Waals surface area contributed by atoms with Crippen LogP contribution in [-0.4, -0.2) is 24.1 Å². The van der Waals surface area contributed by atoms with Crippen LogP contribution in [0.25, 0.3) is 22.4 Å². The fourth-order valence-corrected chi connectivity index (χ4v) is 2.93. The summed E-state index contributed by atoms with van der Waals surface area (Å²) in [6.45, 7) is 3.82. The van der Waals surface area contributed by atoms with Gasteiger partial charge in [-0.3, -0.25) is 9.36 Å². The Hall–Kier alpha value is -2.73. The molecule has 114 valence electrons. The van der Waals surface area contributed by atoms with Crippen LogP contribution in [0.2, 0.25) is 5.02 Å². The van der Waals surface area contributed by atoms with Gasteiger partial charge in [0.25, 0.3) is 11.3 Å². The van der Waals surface area contributed by atoms with Gasteiger partial charge in [-0.1, -0.05) is 17.7 Å². The molecular weight excluding hydrogens is 314 g/mol. The minimum absolute atomic E-state index is 0.157. The van der Waals surface area contributed by atoms with Crippen LogP contribution in [0.1, 0.15) is 11.3 Å². The van der Waals surface area contributed by atoms with Crippen LogP contribution >= 0.6 is 11.6 Å². The average molecular weight is 326 g/mol. The Morgan fingerprint density at radius 3 is 2.78 bits per heavy atom. The van der Waals surface area contributed by atoms with Crippen molar-refractivity contribution >= 4 is 28.3 Å². The second-order valence-corrected chi connectivity index (χ2v) is 5.82. The smallest absolute Gasteiger partial charge is 0.266 e. The molecule has 0 unspecified atom stereocenters. The van der Waals surface area contributed by atoms with E-state index in [0.717, 1.165) is 16.9 Å².